The number of hydrogen-bond donors (Lipinski definition) is 0. The fourth-order valence-corrected chi connectivity index (χ4v) is 3.84. The van der Waals surface area contributed by atoms with Crippen molar-refractivity contribution in [2.24, 2.45) is 0 Å². The lowest BCUT2D eigenvalue weighted by atomic mass is 10.1. The summed E-state index contributed by atoms with van der Waals surface area (Å²) >= 11 is 3.52. The van der Waals surface area contributed by atoms with Crippen LogP contribution in [-0.4, -0.2) is 55.8 Å². The summed E-state index contributed by atoms with van der Waals surface area (Å²) in [5.41, 5.74) is 1.78. The first kappa shape index (κ1) is 18.1. The van der Waals surface area contributed by atoms with E-state index < -0.39 is 0 Å². The van der Waals surface area contributed by atoms with Gasteiger partial charge in [0.2, 0.25) is 6.79 Å². The maximum atomic E-state index is 12.8. The van der Waals surface area contributed by atoms with Gasteiger partial charge in [-0.3, -0.25) is 9.69 Å². The Balaban J connectivity index is 1.37. The second-order valence-corrected chi connectivity index (χ2v) is 7.51. The van der Waals surface area contributed by atoms with Gasteiger partial charge in [0.25, 0.3) is 5.91 Å². The van der Waals surface area contributed by atoms with Gasteiger partial charge in [0.15, 0.2) is 11.5 Å². The highest BCUT2D eigenvalue weighted by Gasteiger charge is 2.24. The molecule has 1 fully saturated rings. The fourth-order valence-electron chi connectivity index (χ4n) is 3.43. The zero-order valence-electron chi connectivity index (χ0n) is 15.1. The zero-order valence-corrected chi connectivity index (χ0v) is 16.7. The number of benzene rings is 2. The Morgan fingerprint density at radius 2 is 1.85 bits per heavy atom. The lowest BCUT2D eigenvalue weighted by Gasteiger charge is -2.35. The zero-order chi connectivity index (χ0) is 18.8. The first-order valence-corrected chi connectivity index (χ1v) is 9.67. The van der Waals surface area contributed by atoms with Gasteiger partial charge in [-0.15, -0.1) is 0 Å². The predicted molar refractivity (Wildman–Crippen MR) is 104 cm³/mol. The minimum Gasteiger partial charge on any atom is -0.496 e. The van der Waals surface area contributed by atoms with Gasteiger partial charge in [0, 0.05) is 48.3 Å². The molecular formula is C20H21BrN2O4. The molecule has 4 rings (SSSR count). The number of hydrogen-bond acceptors (Lipinski definition) is 5. The van der Waals surface area contributed by atoms with E-state index in [0.717, 1.165) is 35.4 Å². The molecule has 0 aliphatic carbocycles. The van der Waals surface area contributed by atoms with Gasteiger partial charge in [0.1, 0.15) is 5.75 Å². The van der Waals surface area contributed by atoms with Crippen molar-refractivity contribution in [3.63, 3.8) is 0 Å². The molecular weight excluding hydrogens is 412 g/mol. The van der Waals surface area contributed by atoms with Crippen LogP contribution in [0.15, 0.2) is 40.9 Å². The van der Waals surface area contributed by atoms with E-state index >= 15 is 0 Å². The summed E-state index contributed by atoms with van der Waals surface area (Å²) in [5.74, 6) is 2.26. The van der Waals surface area contributed by atoms with Crippen molar-refractivity contribution in [3.05, 3.63) is 52.0 Å². The maximum absolute atomic E-state index is 12.8. The second kappa shape index (κ2) is 7.78. The molecule has 0 atom stereocenters. The van der Waals surface area contributed by atoms with E-state index in [-0.39, 0.29) is 12.7 Å². The van der Waals surface area contributed by atoms with Gasteiger partial charge < -0.3 is 19.1 Å². The first-order valence-electron chi connectivity index (χ1n) is 8.88. The molecule has 27 heavy (non-hydrogen) atoms. The monoisotopic (exact) mass is 432 g/mol. The van der Waals surface area contributed by atoms with Gasteiger partial charge in [-0.2, -0.15) is 0 Å². The van der Waals surface area contributed by atoms with Crippen LogP contribution >= 0.6 is 15.9 Å². The van der Waals surface area contributed by atoms with Crippen molar-refractivity contribution in [3.8, 4) is 17.2 Å². The Morgan fingerprint density at radius 3 is 2.63 bits per heavy atom. The molecule has 2 aromatic rings. The van der Waals surface area contributed by atoms with Crippen molar-refractivity contribution >= 4 is 21.8 Å². The number of amides is 1. The molecule has 2 aliphatic heterocycles. The highest BCUT2D eigenvalue weighted by molar-refractivity contribution is 9.10. The molecule has 0 bridgehead atoms. The third kappa shape index (κ3) is 3.89. The molecule has 2 aromatic carbocycles. The highest BCUT2D eigenvalue weighted by atomic mass is 79.9. The highest BCUT2D eigenvalue weighted by Crippen LogP contribution is 2.33. The van der Waals surface area contributed by atoms with Gasteiger partial charge in [-0.05, 0) is 36.4 Å². The van der Waals surface area contributed by atoms with Crippen molar-refractivity contribution in [1.29, 1.82) is 0 Å². The van der Waals surface area contributed by atoms with Crippen molar-refractivity contribution in [2.45, 2.75) is 6.54 Å². The molecule has 2 aliphatic rings. The average molecular weight is 433 g/mol. The molecule has 0 spiro atoms. The quantitative estimate of drug-likeness (QED) is 0.742. The Hall–Kier alpha value is -2.25. The number of carbonyl (C=O) groups is 1. The van der Waals surface area contributed by atoms with Crippen LogP contribution in [-0.2, 0) is 6.54 Å². The second-order valence-electron chi connectivity index (χ2n) is 6.59. The van der Waals surface area contributed by atoms with Crippen LogP contribution in [0.1, 0.15) is 15.9 Å². The van der Waals surface area contributed by atoms with Crippen LogP contribution in [0.2, 0.25) is 0 Å². The first-order chi connectivity index (χ1) is 13.1. The standard InChI is InChI=1S/C20H21BrN2O4/c1-25-17-5-3-16(21)10-15(17)12-22-6-8-23(9-7-22)20(24)14-2-4-18-19(11-14)27-13-26-18/h2-5,10-11H,6-9,12-13H2,1H3. The Bertz CT molecular complexity index is 850. The van der Waals surface area contributed by atoms with Crippen LogP contribution in [0, 0.1) is 0 Å². The number of carbonyl (C=O) groups excluding carboxylic acids is 1. The fraction of sp³-hybridized carbons (Fsp3) is 0.350. The molecule has 0 unspecified atom stereocenters. The molecule has 6 nitrogen and oxygen atoms in total. The molecule has 1 amide bonds. The van der Waals surface area contributed by atoms with E-state index in [1.54, 1.807) is 25.3 Å². The van der Waals surface area contributed by atoms with Gasteiger partial charge in [-0.25, -0.2) is 0 Å². The SMILES string of the molecule is COc1ccc(Br)cc1CN1CCN(C(=O)c2ccc3c(c2)OCO3)CC1. The summed E-state index contributed by atoms with van der Waals surface area (Å²) in [5, 5.41) is 0. The van der Waals surface area contributed by atoms with E-state index in [1.165, 1.54) is 0 Å². The van der Waals surface area contributed by atoms with E-state index in [9.17, 15) is 4.79 Å². The van der Waals surface area contributed by atoms with Gasteiger partial charge in [0.05, 0.1) is 7.11 Å². The summed E-state index contributed by atoms with van der Waals surface area (Å²) < 4.78 is 17.2. The van der Waals surface area contributed by atoms with Crippen LogP contribution in [0.4, 0.5) is 0 Å². The third-order valence-corrected chi connectivity index (χ3v) is 5.41. The number of fused-ring (bicyclic) bond motifs is 1. The van der Waals surface area contributed by atoms with Crippen LogP contribution in [0.3, 0.4) is 0 Å². The number of rotatable bonds is 4. The lowest BCUT2D eigenvalue weighted by molar-refractivity contribution is 0.0627. The van der Waals surface area contributed by atoms with E-state index in [2.05, 4.69) is 26.9 Å². The van der Waals surface area contributed by atoms with E-state index in [1.807, 2.05) is 17.0 Å². The van der Waals surface area contributed by atoms with Crippen LogP contribution in [0.25, 0.3) is 0 Å². The van der Waals surface area contributed by atoms with Crippen LogP contribution < -0.4 is 14.2 Å². The lowest BCUT2D eigenvalue weighted by Crippen LogP contribution is -2.48. The summed E-state index contributed by atoms with van der Waals surface area (Å²) in [6, 6.07) is 11.4. The summed E-state index contributed by atoms with van der Waals surface area (Å²) in [6.45, 7) is 4.06. The minimum atomic E-state index is 0.0352. The smallest absolute Gasteiger partial charge is 0.254 e. The Kier molecular flexibility index (Phi) is 5.22. The largest absolute Gasteiger partial charge is 0.496 e. The number of ether oxygens (including phenoxy) is 3. The van der Waals surface area contributed by atoms with Crippen molar-refractivity contribution in [2.75, 3.05) is 40.1 Å². The minimum absolute atomic E-state index is 0.0352. The molecule has 1 saturated heterocycles. The van der Waals surface area contributed by atoms with Gasteiger partial charge >= 0.3 is 0 Å². The van der Waals surface area contributed by atoms with Crippen molar-refractivity contribution < 1.29 is 19.0 Å². The molecule has 2 heterocycles. The molecule has 0 radical (unpaired) electrons. The Morgan fingerprint density at radius 1 is 1.07 bits per heavy atom. The summed E-state index contributed by atoms with van der Waals surface area (Å²) in [4.78, 5) is 17.0. The Labute approximate surface area is 166 Å². The maximum Gasteiger partial charge on any atom is 0.254 e. The number of methoxy groups -OCH3 is 1. The van der Waals surface area contributed by atoms with E-state index in [4.69, 9.17) is 14.2 Å². The van der Waals surface area contributed by atoms with Crippen LogP contribution in [0.5, 0.6) is 17.2 Å². The summed E-state index contributed by atoms with van der Waals surface area (Å²) in [7, 11) is 1.69. The van der Waals surface area contributed by atoms with Crippen molar-refractivity contribution in [1.82, 2.24) is 9.80 Å². The third-order valence-electron chi connectivity index (χ3n) is 4.92. The number of halogens is 1. The normalized spacial score (nSPS) is 16.4. The van der Waals surface area contributed by atoms with Gasteiger partial charge in [-0.1, -0.05) is 15.9 Å². The molecule has 142 valence electrons. The predicted octanol–water partition coefficient (Wildman–Crippen LogP) is 3.14. The average Bonchev–Trinajstić information content (AvgIpc) is 3.16. The summed E-state index contributed by atoms with van der Waals surface area (Å²) in [6.07, 6.45) is 0. The molecule has 0 saturated carbocycles. The topological polar surface area (TPSA) is 51.2 Å². The molecule has 0 aromatic heterocycles. The number of piperazine rings is 1. The molecule has 7 heteroatoms. The van der Waals surface area contributed by atoms with E-state index in [0.29, 0.717) is 30.2 Å². The number of nitrogens with zero attached hydrogens (tertiary/aromatic N) is 2. The molecule has 0 N–H and O–H groups in total.